The Bertz CT molecular complexity index is 873. The lowest BCUT2D eigenvalue weighted by Gasteiger charge is -2.38. The summed E-state index contributed by atoms with van der Waals surface area (Å²) < 4.78 is 11.7. The van der Waals surface area contributed by atoms with E-state index < -0.39 is 5.60 Å². The van der Waals surface area contributed by atoms with Gasteiger partial charge in [0.05, 0.1) is 13.1 Å². The van der Waals surface area contributed by atoms with E-state index >= 15 is 0 Å². The van der Waals surface area contributed by atoms with Crippen molar-refractivity contribution in [1.82, 2.24) is 9.80 Å². The Kier molecular flexibility index (Phi) is 4.98. The molecule has 0 N–H and O–H groups in total. The van der Waals surface area contributed by atoms with E-state index in [-0.39, 0.29) is 18.4 Å². The van der Waals surface area contributed by atoms with Crippen molar-refractivity contribution >= 4 is 11.8 Å². The molecule has 28 heavy (non-hydrogen) atoms. The van der Waals surface area contributed by atoms with Crippen molar-refractivity contribution in [3.05, 3.63) is 47.7 Å². The number of aryl methyl sites for hydroxylation is 2. The Labute approximate surface area is 165 Å². The number of amides is 2. The number of hydrogen-bond acceptors (Lipinski definition) is 4. The van der Waals surface area contributed by atoms with Crippen molar-refractivity contribution in [3.8, 4) is 11.3 Å². The van der Waals surface area contributed by atoms with E-state index in [2.05, 4.69) is 19.1 Å². The van der Waals surface area contributed by atoms with Crippen LogP contribution in [-0.4, -0.2) is 60.5 Å². The summed E-state index contributed by atoms with van der Waals surface area (Å²) in [6.45, 7) is 3.93. The third-order valence-electron chi connectivity index (χ3n) is 5.70. The maximum Gasteiger partial charge on any atom is 0.248 e. The molecule has 0 radical (unpaired) electrons. The number of carbonyl (C=O) groups is 2. The summed E-state index contributed by atoms with van der Waals surface area (Å²) in [5, 5.41) is 0. The number of nitrogens with zero attached hydrogens (tertiary/aromatic N) is 2. The number of hydrogen-bond donors (Lipinski definition) is 0. The Balaban J connectivity index is 1.32. The second-order valence-electron chi connectivity index (χ2n) is 7.92. The molecule has 0 saturated carbocycles. The van der Waals surface area contributed by atoms with E-state index in [4.69, 9.17) is 9.15 Å². The molecule has 3 heterocycles. The van der Waals surface area contributed by atoms with Gasteiger partial charge in [0.15, 0.2) is 0 Å². The smallest absolute Gasteiger partial charge is 0.248 e. The summed E-state index contributed by atoms with van der Waals surface area (Å²) in [5.74, 6) is 1.74. The molecule has 4 rings (SSSR count). The van der Waals surface area contributed by atoms with Crippen LogP contribution in [0.15, 0.2) is 40.8 Å². The third-order valence-corrected chi connectivity index (χ3v) is 5.70. The van der Waals surface area contributed by atoms with Crippen molar-refractivity contribution in [2.45, 2.75) is 31.8 Å². The van der Waals surface area contributed by atoms with Gasteiger partial charge in [0.1, 0.15) is 23.7 Å². The number of ether oxygens (including phenoxy) is 1. The summed E-state index contributed by atoms with van der Waals surface area (Å²) >= 11 is 0. The normalized spacial score (nSPS) is 22.3. The monoisotopic (exact) mass is 382 g/mol. The summed E-state index contributed by atoms with van der Waals surface area (Å²) in [5.41, 5.74) is 1.85. The molecule has 0 bridgehead atoms. The Morgan fingerprint density at radius 1 is 1.14 bits per heavy atom. The van der Waals surface area contributed by atoms with Gasteiger partial charge in [0.2, 0.25) is 11.8 Å². The van der Waals surface area contributed by atoms with Gasteiger partial charge in [0.25, 0.3) is 0 Å². The minimum Gasteiger partial charge on any atom is -0.461 e. The van der Waals surface area contributed by atoms with Gasteiger partial charge in [-0.25, -0.2) is 0 Å². The zero-order valence-electron chi connectivity index (χ0n) is 16.4. The molecule has 1 spiro atoms. The van der Waals surface area contributed by atoms with Gasteiger partial charge < -0.3 is 19.0 Å². The molecule has 6 heteroatoms. The molecule has 0 aliphatic carbocycles. The number of benzene rings is 1. The predicted octanol–water partition coefficient (Wildman–Crippen LogP) is 2.65. The first-order valence-electron chi connectivity index (χ1n) is 9.76. The minimum atomic E-state index is -0.401. The second kappa shape index (κ2) is 7.43. The fraction of sp³-hybridized carbons (Fsp3) is 0.455. The Morgan fingerprint density at radius 2 is 1.93 bits per heavy atom. The van der Waals surface area contributed by atoms with Gasteiger partial charge in [-0.1, -0.05) is 29.8 Å². The van der Waals surface area contributed by atoms with Crippen molar-refractivity contribution in [1.29, 1.82) is 0 Å². The minimum absolute atomic E-state index is 0.00222. The molecular formula is C22H26N2O4. The van der Waals surface area contributed by atoms with Crippen molar-refractivity contribution in [2.24, 2.45) is 0 Å². The van der Waals surface area contributed by atoms with E-state index in [0.29, 0.717) is 32.5 Å². The van der Waals surface area contributed by atoms with Crippen LogP contribution < -0.4 is 0 Å². The molecule has 2 fully saturated rings. The largest absolute Gasteiger partial charge is 0.461 e. The van der Waals surface area contributed by atoms with Gasteiger partial charge in [0, 0.05) is 32.0 Å². The molecular weight excluding hydrogens is 356 g/mol. The molecule has 6 nitrogen and oxygen atoms in total. The summed E-state index contributed by atoms with van der Waals surface area (Å²) in [6.07, 6.45) is 1.76. The Hall–Kier alpha value is -2.60. The highest BCUT2D eigenvalue weighted by Crippen LogP contribution is 2.30. The molecule has 1 aromatic carbocycles. The fourth-order valence-corrected chi connectivity index (χ4v) is 3.97. The first kappa shape index (κ1) is 18.7. The van der Waals surface area contributed by atoms with Crippen molar-refractivity contribution < 1.29 is 18.7 Å². The van der Waals surface area contributed by atoms with E-state index in [1.54, 1.807) is 11.9 Å². The quantitative estimate of drug-likeness (QED) is 0.816. The van der Waals surface area contributed by atoms with E-state index in [1.165, 1.54) is 5.56 Å². The van der Waals surface area contributed by atoms with E-state index in [9.17, 15) is 9.59 Å². The molecule has 1 unspecified atom stereocenters. The standard InChI is InChI=1S/C22H26N2O4/c1-16-3-5-17(6-4-16)19-9-7-18(28-19)8-10-20(25)24-12-11-22(15-24)14-23(2)21(26)13-27-22/h3-7,9H,8,10-15H2,1-2H3. The first-order valence-corrected chi connectivity index (χ1v) is 9.76. The number of carbonyl (C=O) groups excluding carboxylic acids is 2. The summed E-state index contributed by atoms with van der Waals surface area (Å²) in [4.78, 5) is 27.8. The van der Waals surface area contributed by atoms with Gasteiger partial charge in [-0.3, -0.25) is 9.59 Å². The number of furan rings is 1. The fourth-order valence-electron chi connectivity index (χ4n) is 3.97. The highest BCUT2D eigenvalue weighted by atomic mass is 16.5. The summed E-state index contributed by atoms with van der Waals surface area (Å²) in [7, 11) is 1.79. The lowest BCUT2D eigenvalue weighted by Crippen LogP contribution is -2.54. The van der Waals surface area contributed by atoms with E-state index in [1.807, 2.05) is 29.2 Å². The molecule has 2 amide bonds. The first-order chi connectivity index (χ1) is 13.4. The summed E-state index contributed by atoms with van der Waals surface area (Å²) in [6, 6.07) is 12.1. The van der Waals surface area contributed by atoms with Gasteiger partial charge in [-0.15, -0.1) is 0 Å². The van der Waals surface area contributed by atoms with Gasteiger partial charge in [-0.2, -0.15) is 0 Å². The maximum atomic E-state index is 12.7. The molecule has 1 atom stereocenters. The van der Waals surface area contributed by atoms with Crippen LogP contribution in [0, 0.1) is 6.92 Å². The number of morpholine rings is 1. The zero-order chi connectivity index (χ0) is 19.7. The molecule has 148 valence electrons. The zero-order valence-corrected chi connectivity index (χ0v) is 16.4. The highest BCUT2D eigenvalue weighted by Gasteiger charge is 2.45. The van der Waals surface area contributed by atoms with Crippen LogP contribution in [0.4, 0.5) is 0 Å². The molecule has 2 aliphatic rings. The molecule has 2 aliphatic heterocycles. The van der Waals surface area contributed by atoms with Crippen LogP contribution in [0.25, 0.3) is 11.3 Å². The van der Waals surface area contributed by atoms with Crippen LogP contribution in [-0.2, 0) is 20.7 Å². The third kappa shape index (κ3) is 3.83. The average Bonchev–Trinajstić information content (AvgIpc) is 3.32. The van der Waals surface area contributed by atoms with Crippen LogP contribution >= 0.6 is 0 Å². The highest BCUT2D eigenvalue weighted by molar-refractivity contribution is 5.79. The van der Waals surface area contributed by atoms with Crippen LogP contribution in [0.3, 0.4) is 0 Å². The van der Waals surface area contributed by atoms with Crippen LogP contribution in [0.1, 0.15) is 24.2 Å². The topological polar surface area (TPSA) is 63.0 Å². The maximum absolute atomic E-state index is 12.7. The lowest BCUT2D eigenvalue weighted by atomic mass is 10.0. The molecule has 2 aromatic rings. The predicted molar refractivity (Wildman–Crippen MR) is 105 cm³/mol. The van der Waals surface area contributed by atoms with E-state index in [0.717, 1.165) is 23.5 Å². The molecule has 1 aromatic heterocycles. The Morgan fingerprint density at radius 3 is 2.68 bits per heavy atom. The lowest BCUT2D eigenvalue weighted by molar-refractivity contribution is -0.159. The number of rotatable bonds is 4. The van der Waals surface area contributed by atoms with Gasteiger partial charge >= 0.3 is 0 Å². The number of likely N-dealkylation sites (N-methyl/N-ethyl adjacent to an activating group) is 1. The SMILES string of the molecule is Cc1ccc(-c2ccc(CCC(=O)N3CCC4(CN(C)C(=O)CO4)C3)o2)cc1. The van der Waals surface area contributed by atoms with Gasteiger partial charge in [-0.05, 0) is 25.5 Å². The van der Waals surface area contributed by atoms with Crippen molar-refractivity contribution in [3.63, 3.8) is 0 Å². The number of likely N-dealkylation sites (tertiary alicyclic amines) is 1. The van der Waals surface area contributed by atoms with Crippen molar-refractivity contribution in [2.75, 3.05) is 33.3 Å². The second-order valence-corrected chi connectivity index (χ2v) is 7.92. The molecule has 2 saturated heterocycles. The van der Waals surface area contributed by atoms with Crippen LogP contribution in [0.5, 0.6) is 0 Å². The average molecular weight is 382 g/mol. The van der Waals surface area contributed by atoms with Crippen LogP contribution in [0.2, 0.25) is 0 Å².